The second-order valence-corrected chi connectivity index (χ2v) is 7.40. The third-order valence-electron chi connectivity index (χ3n) is 4.71. The summed E-state index contributed by atoms with van der Waals surface area (Å²) in [5.41, 5.74) is 4.00. The van der Waals surface area contributed by atoms with Crippen molar-refractivity contribution in [2.24, 2.45) is 0 Å². The topological polar surface area (TPSA) is 25.8 Å². The number of halogens is 1. The molecule has 4 aromatic carbocycles. The minimum Gasteiger partial charge on any atom is -0.228 e. The first-order valence-electron chi connectivity index (χ1n) is 8.80. The molecule has 3 heteroatoms. The van der Waals surface area contributed by atoms with Crippen LogP contribution in [0, 0.1) is 0 Å². The van der Waals surface area contributed by atoms with Crippen LogP contribution >= 0.6 is 15.9 Å². The van der Waals surface area contributed by atoms with E-state index in [2.05, 4.69) is 76.6 Å². The van der Waals surface area contributed by atoms with Crippen molar-refractivity contribution in [1.29, 1.82) is 0 Å². The fourth-order valence-electron chi connectivity index (χ4n) is 3.39. The maximum Gasteiger partial charge on any atom is 0.160 e. The molecule has 0 bridgehead atoms. The van der Waals surface area contributed by atoms with Gasteiger partial charge >= 0.3 is 0 Å². The highest BCUT2D eigenvalue weighted by atomic mass is 79.9. The second-order valence-electron chi connectivity index (χ2n) is 6.49. The summed E-state index contributed by atoms with van der Waals surface area (Å²) in [5.74, 6) is 0.745. The standard InChI is InChI=1S/C24H15BrN2/c25-20-9-5-8-18(15-20)23-21-10-3-4-11-22(21)26-24(27-23)19-13-12-16-6-1-2-7-17(16)14-19/h1-15H. The van der Waals surface area contributed by atoms with Gasteiger partial charge < -0.3 is 0 Å². The van der Waals surface area contributed by atoms with Gasteiger partial charge in [-0.15, -0.1) is 0 Å². The van der Waals surface area contributed by atoms with Crippen molar-refractivity contribution >= 4 is 37.6 Å². The summed E-state index contributed by atoms with van der Waals surface area (Å²) in [6.45, 7) is 0. The Balaban J connectivity index is 1.77. The number of para-hydroxylation sites is 1. The number of benzene rings is 4. The molecule has 0 aliphatic rings. The van der Waals surface area contributed by atoms with Crippen molar-refractivity contribution in [3.8, 4) is 22.6 Å². The lowest BCUT2D eigenvalue weighted by Gasteiger charge is -2.10. The van der Waals surface area contributed by atoms with Crippen LogP contribution in [-0.4, -0.2) is 9.97 Å². The van der Waals surface area contributed by atoms with E-state index in [-0.39, 0.29) is 0 Å². The average Bonchev–Trinajstić information content (AvgIpc) is 2.72. The predicted molar refractivity (Wildman–Crippen MR) is 116 cm³/mol. The molecule has 0 fully saturated rings. The summed E-state index contributed by atoms with van der Waals surface area (Å²) in [4.78, 5) is 9.80. The monoisotopic (exact) mass is 410 g/mol. The van der Waals surface area contributed by atoms with Crippen LogP contribution in [0.3, 0.4) is 0 Å². The van der Waals surface area contributed by atoms with Gasteiger partial charge in [0.05, 0.1) is 11.2 Å². The molecule has 0 amide bonds. The van der Waals surface area contributed by atoms with Crippen molar-refractivity contribution < 1.29 is 0 Å². The molecule has 5 rings (SSSR count). The molecule has 0 saturated carbocycles. The van der Waals surface area contributed by atoms with Crippen LogP contribution in [0.15, 0.2) is 95.5 Å². The van der Waals surface area contributed by atoms with E-state index in [1.54, 1.807) is 0 Å². The van der Waals surface area contributed by atoms with E-state index in [0.29, 0.717) is 0 Å². The van der Waals surface area contributed by atoms with Gasteiger partial charge in [0.15, 0.2) is 5.82 Å². The SMILES string of the molecule is Brc1cccc(-c2nc(-c3ccc4ccccc4c3)nc3ccccc23)c1. The molecule has 0 aliphatic heterocycles. The van der Waals surface area contributed by atoms with Gasteiger partial charge in [0, 0.05) is 21.0 Å². The van der Waals surface area contributed by atoms with Crippen LogP contribution in [0.25, 0.3) is 44.3 Å². The Hall–Kier alpha value is -3.04. The number of rotatable bonds is 2. The Morgan fingerprint density at radius 3 is 2.30 bits per heavy atom. The molecule has 0 radical (unpaired) electrons. The summed E-state index contributed by atoms with van der Waals surface area (Å²) in [7, 11) is 0. The highest BCUT2D eigenvalue weighted by Crippen LogP contribution is 2.31. The lowest BCUT2D eigenvalue weighted by Crippen LogP contribution is -1.95. The van der Waals surface area contributed by atoms with Gasteiger partial charge in [-0.25, -0.2) is 9.97 Å². The van der Waals surface area contributed by atoms with E-state index in [9.17, 15) is 0 Å². The number of aromatic nitrogens is 2. The lowest BCUT2D eigenvalue weighted by atomic mass is 10.0. The van der Waals surface area contributed by atoms with Crippen molar-refractivity contribution in [2.45, 2.75) is 0 Å². The number of fused-ring (bicyclic) bond motifs is 2. The third-order valence-corrected chi connectivity index (χ3v) is 5.20. The third kappa shape index (κ3) is 3.00. The average molecular weight is 411 g/mol. The molecular weight excluding hydrogens is 396 g/mol. The normalized spacial score (nSPS) is 11.1. The van der Waals surface area contributed by atoms with Gasteiger partial charge in [0.1, 0.15) is 0 Å². The minimum absolute atomic E-state index is 0.745. The largest absolute Gasteiger partial charge is 0.228 e. The minimum atomic E-state index is 0.745. The number of hydrogen-bond acceptors (Lipinski definition) is 2. The zero-order chi connectivity index (χ0) is 18.2. The number of hydrogen-bond donors (Lipinski definition) is 0. The number of nitrogens with zero attached hydrogens (tertiary/aromatic N) is 2. The van der Waals surface area contributed by atoms with Crippen LogP contribution in [-0.2, 0) is 0 Å². The molecule has 128 valence electrons. The molecule has 0 aliphatic carbocycles. The molecule has 0 spiro atoms. The highest BCUT2D eigenvalue weighted by molar-refractivity contribution is 9.10. The zero-order valence-corrected chi connectivity index (χ0v) is 16.0. The molecular formula is C24H15BrN2. The van der Waals surface area contributed by atoms with Crippen LogP contribution < -0.4 is 0 Å². The van der Waals surface area contributed by atoms with E-state index in [1.807, 2.05) is 30.3 Å². The summed E-state index contributed by atoms with van der Waals surface area (Å²) < 4.78 is 1.04. The Kier molecular flexibility index (Phi) is 3.95. The van der Waals surface area contributed by atoms with E-state index in [1.165, 1.54) is 10.8 Å². The van der Waals surface area contributed by atoms with Gasteiger partial charge in [0.2, 0.25) is 0 Å². The van der Waals surface area contributed by atoms with Gasteiger partial charge in [-0.3, -0.25) is 0 Å². The van der Waals surface area contributed by atoms with Gasteiger partial charge in [0.25, 0.3) is 0 Å². The van der Waals surface area contributed by atoms with E-state index in [0.717, 1.165) is 38.0 Å². The molecule has 0 saturated heterocycles. The van der Waals surface area contributed by atoms with Crippen LogP contribution in [0.1, 0.15) is 0 Å². The van der Waals surface area contributed by atoms with Crippen molar-refractivity contribution in [3.05, 3.63) is 95.5 Å². The quantitative estimate of drug-likeness (QED) is 0.316. The van der Waals surface area contributed by atoms with Gasteiger partial charge in [-0.1, -0.05) is 82.7 Å². The van der Waals surface area contributed by atoms with Crippen LogP contribution in [0.5, 0.6) is 0 Å². The van der Waals surface area contributed by atoms with E-state index >= 15 is 0 Å². The highest BCUT2D eigenvalue weighted by Gasteiger charge is 2.11. The van der Waals surface area contributed by atoms with E-state index < -0.39 is 0 Å². The molecule has 27 heavy (non-hydrogen) atoms. The Morgan fingerprint density at radius 1 is 0.593 bits per heavy atom. The van der Waals surface area contributed by atoms with Crippen molar-refractivity contribution in [3.63, 3.8) is 0 Å². The maximum absolute atomic E-state index is 4.96. The summed E-state index contributed by atoms with van der Waals surface area (Å²) >= 11 is 3.57. The van der Waals surface area contributed by atoms with Crippen molar-refractivity contribution in [2.75, 3.05) is 0 Å². The fourth-order valence-corrected chi connectivity index (χ4v) is 3.79. The van der Waals surface area contributed by atoms with Crippen LogP contribution in [0.4, 0.5) is 0 Å². The molecule has 0 atom stereocenters. The first kappa shape index (κ1) is 16.2. The molecule has 0 unspecified atom stereocenters. The summed E-state index contributed by atoms with van der Waals surface area (Å²) in [5, 5.41) is 3.46. The lowest BCUT2D eigenvalue weighted by molar-refractivity contribution is 1.23. The Morgan fingerprint density at radius 2 is 1.41 bits per heavy atom. The van der Waals surface area contributed by atoms with Gasteiger partial charge in [-0.2, -0.15) is 0 Å². The molecule has 1 heterocycles. The van der Waals surface area contributed by atoms with Crippen molar-refractivity contribution in [1.82, 2.24) is 9.97 Å². The maximum atomic E-state index is 4.96. The fraction of sp³-hybridized carbons (Fsp3) is 0. The second kappa shape index (κ2) is 6.60. The zero-order valence-electron chi connectivity index (χ0n) is 14.4. The Bertz CT molecular complexity index is 1290. The Labute approximate surface area is 165 Å². The predicted octanol–water partition coefficient (Wildman–Crippen LogP) is 6.88. The molecule has 0 N–H and O–H groups in total. The molecule has 2 nitrogen and oxygen atoms in total. The first-order chi connectivity index (χ1) is 13.3. The summed E-state index contributed by atoms with van der Waals surface area (Å²) in [6.07, 6.45) is 0. The summed E-state index contributed by atoms with van der Waals surface area (Å²) in [6, 6.07) is 31.1. The molecule has 1 aromatic heterocycles. The van der Waals surface area contributed by atoms with Crippen LogP contribution in [0.2, 0.25) is 0 Å². The van der Waals surface area contributed by atoms with Gasteiger partial charge in [-0.05, 0) is 35.0 Å². The molecule has 5 aromatic rings. The van der Waals surface area contributed by atoms with E-state index in [4.69, 9.17) is 9.97 Å². The first-order valence-corrected chi connectivity index (χ1v) is 9.59. The smallest absolute Gasteiger partial charge is 0.160 e.